The van der Waals surface area contributed by atoms with Gasteiger partial charge in [-0.1, -0.05) is 59.6 Å². The number of nitrogens with one attached hydrogen (secondary N) is 1. The number of fused-ring (bicyclic) bond motifs is 3. The van der Waals surface area contributed by atoms with Gasteiger partial charge in [0.05, 0.1) is 0 Å². The fourth-order valence-corrected chi connectivity index (χ4v) is 4.71. The second-order valence-electron chi connectivity index (χ2n) is 8.27. The third-order valence-electron chi connectivity index (χ3n) is 6.13. The smallest absolute Gasteiger partial charge is 0.0465 e. The summed E-state index contributed by atoms with van der Waals surface area (Å²) in [5.74, 6) is 0. The Bertz CT molecular complexity index is 1550. The van der Waals surface area contributed by atoms with Crippen LogP contribution < -0.4 is 4.90 Å². The van der Waals surface area contributed by atoms with Crippen molar-refractivity contribution in [1.29, 1.82) is 0 Å². The number of anilines is 3. The monoisotopic (exact) mass is 478 g/mol. The summed E-state index contributed by atoms with van der Waals surface area (Å²) in [7, 11) is 0. The molecule has 0 bridgehead atoms. The minimum Gasteiger partial charge on any atom is -0.355 e. The van der Waals surface area contributed by atoms with Gasteiger partial charge in [-0.2, -0.15) is 0 Å². The molecule has 2 nitrogen and oxygen atoms in total. The van der Waals surface area contributed by atoms with Crippen LogP contribution >= 0.6 is 23.2 Å². The molecule has 5 aromatic carbocycles. The van der Waals surface area contributed by atoms with Gasteiger partial charge < -0.3 is 9.88 Å². The van der Waals surface area contributed by atoms with Crippen LogP contribution in [-0.4, -0.2) is 4.98 Å². The molecule has 6 rings (SSSR count). The molecule has 164 valence electrons. The van der Waals surface area contributed by atoms with Gasteiger partial charge in [-0.3, -0.25) is 0 Å². The highest BCUT2D eigenvalue weighted by molar-refractivity contribution is 6.31. The van der Waals surface area contributed by atoms with Gasteiger partial charge in [0.15, 0.2) is 0 Å². The van der Waals surface area contributed by atoms with E-state index in [-0.39, 0.29) is 0 Å². The third kappa shape index (κ3) is 3.81. The first-order chi connectivity index (χ1) is 16.7. The van der Waals surface area contributed by atoms with Gasteiger partial charge in [-0.25, -0.2) is 0 Å². The Kier molecular flexibility index (Phi) is 5.26. The van der Waals surface area contributed by atoms with E-state index in [9.17, 15) is 0 Å². The summed E-state index contributed by atoms with van der Waals surface area (Å²) in [5.41, 5.74) is 7.78. The first-order valence-electron chi connectivity index (χ1n) is 11.1. The molecule has 0 unspecified atom stereocenters. The zero-order valence-electron chi connectivity index (χ0n) is 18.2. The predicted molar refractivity (Wildman–Crippen MR) is 146 cm³/mol. The Balaban J connectivity index is 1.41. The minimum atomic E-state index is 0.711. The van der Waals surface area contributed by atoms with Crippen molar-refractivity contribution in [2.24, 2.45) is 0 Å². The summed E-state index contributed by atoms with van der Waals surface area (Å²) in [5, 5.41) is 3.90. The molecule has 0 saturated carbocycles. The van der Waals surface area contributed by atoms with Crippen LogP contribution in [-0.2, 0) is 0 Å². The number of rotatable bonds is 4. The molecule has 1 N–H and O–H groups in total. The summed E-state index contributed by atoms with van der Waals surface area (Å²) >= 11 is 12.3. The molecule has 34 heavy (non-hydrogen) atoms. The van der Waals surface area contributed by atoms with Gasteiger partial charge in [0.25, 0.3) is 0 Å². The zero-order chi connectivity index (χ0) is 23.1. The van der Waals surface area contributed by atoms with Gasteiger partial charge in [0.1, 0.15) is 0 Å². The highest BCUT2D eigenvalue weighted by Crippen LogP contribution is 2.37. The molecular formula is C30H20Cl2N2. The Labute approximate surface area is 208 Å². The summed E-state index contributed by atoms with van der Waals surface area (Å²) < 4.78 is 0. The van der Waals surface area contributed by atoms with E-state index in [1.165, 1.54) is 21.9 Å². The van der Waals surface area contributed by atoms with Gasteiger partial charge in [-0.15, -0.1) is 0 Å². The van der Waals surface area contributed by atoms with Gasteiger partial charge >= 0.3 is 0 Å². The molecule has 0 saturated heterocycles. The number of aromatic nitrogens is 1. The zero-order valence-corrected chi connectivity index (χ0v) is 19.7. The van der Waals surface area contributed by atoms with Crippen molar-refractivity contribution >= 4 is 62.1 Å². The van der Waals surface area contributed by atoms with Crippen molar-refractivity contribution in [3.8, 4) is 11.1 Å². The molecule has 0 aliphatic rings. The van der Waals surface area contributed by atoms with E-state index in [1.807, 2.05) is 48.5 Å². The molecule has 0 amide bonds. The van der Waals surface area contributed by atoms with E-state index >= 15 is 0 Å². The standard InChI is InChI=1S/C30H20Cl2N2/c31-22-8-14-25(15-9-22)34(26-16-10-23(32)11-17-26)24-12-5-20(6-13-24)21-7-18-30-28(19-21)27-3-1-2-4-29(27)33-30/h1-19,33H. The second-order valence-corrected chi connectivity index (χ2v) is 9.14. The molecule has 0 aliphatic heterocycles. The topological polar surface area (TPSA) is 19.0 Å². The minimum absolute atomic E-state index is 0.711. The Morgan fingerprint density at radius 1 is 0.471 bits per heavy atom. The van der Waals surface area contributed by atoms with Crippen LogP contribution in [0.4, 0.5) is 17.1 Å². The number of hydrogen-bond donors (Lipinski definition) is 1. The molecule has 4 heteroatoms. The molecule has 0 spiro atoms. The molecule has 0 radical (unpaired) electrons. The maximum atomic E-state index is 6.15. The van der Waals surface area contributed by atoms with Crippen LogP contribution in [0, 0.1) is 0 Å². The lowest BCUT2D eigenvalue weighted by molar-refractivity contribution is 1.28. The van der Waals surface area contributed by atoms with Gasteiger partial charge in [-0.05, 0) is 90.0 Å². The summed E-state index contributed by atoms with van der Waals surface area (Å²) in [6.07, 6.45) is 0. The van der Waals surface area contributed by atoms with E-state index < -0.39 is 0 Å². The van der Waals surface area contributed by atoms with Crippen molar-refractivity contribution in [2.45, 2.75) is 0 Å². The molecule has 0 fully saturated rings. The lowest BCUT2D eigenvalue weighted by Gasteiger charge is -2.25. The van der Waals surface area contributed by atoms with Crippen molar-refractivity contribution < 1.29 is 0 Å². The average Bonchev–Trinajstić information content (AvgIpc) is 3.25. The third-order valence-corrected chi connectivity index (χ3v) is 6.64. The van der Waals surface area contributed by atoms with Crippen LogP contribution in [0.1, 0.15) is 0 Å². The highest BCUT2D eigenvalue weighted by Gasteiger charge is 2.13. The van der Waals surface area contributed by atoms with Crippen molar-refractivity contribution in [2.75, 3.05) is 4.90 Å². The lowest BCUT2D eigenvalue weighted by atomic mass is 10.0. The van der Waals surface area contributed by atoms with Crippen molar-refractivity contribution in [3.05, 3.63) is 125 Å². The second kappa shape index (κ2) is 8.57. The van der Waals surface area contributed by atoms with Crippen LogP contribution in [0.2, 0.25) is 10.0 Å². The fourth-order valence-electron chi connectivity index (χ4n) is 4.46. The Hall–Kier alpha value is -3.72. The number of hydrogen-bond acceptors (Lipinski definition) is 1. The van der Waals surface area contributed by atoms with Gasteiger partial charge in [0.2, 0.25) is 0 Å². The average molecular weight is 479 g/mol. The van der Waals surface area contributed by atoms with Crippen molar-refractivity contribution in [1.82, 2.24) is 4.98 Å². The fraction of sp³-hybridized carbons (Fsp3) is 0. The Morgan fingerprint density at radius 2 is 0.971 bits per heavy atom. The van der Waals surface area contributed by atoms with Crippen LogP contribution in [0.3, 0.4) is 0 Å². The van der Waals surface area contributed by atoms with E-state index in [1.54, 1.807) is 0 Å². The summed E-state index contributed by atoms with van der Waals surface area (Å²) in [4.78, 5) is 5.69. The number of para-hydroxylation sites is 1. The number of benzene rings is 5. The number of H-pyrrole nitrogens is 1. The molecule has 0 aliphatic carbocycles. The van der Waals surface area contributed by atoms with Gasteiger partial charge in [0, 0.05) is 48.9 Å². The SMILES string of the molecule is Clc1ccc(N(c2ccc(Cl)cc2)c2ccc(-c3ccc4[nH]c5ccccc5c4c3)cc2)cc1. The molecule has 6 aromatic rings. The first kappa shape index (κ1) is 20.9. The van der Waals surface area contributed by atoms with Crippen LogP contribution in [0.25, 0.3) is 32.9 Å². The Morgan fingerprint density at radius 3 is 1.59 bits per heavy atom. The maximum absolute atomic E-state index is 6.15. The summed E-state index contributed by atoms with van der Waals surface area (Å²) in [6, 6.07) is 39.4. The number of aromatic amines is 1. The highest BCUT2D eigenvalue weighted by atomic mass is 35.5. The molecule has 1 aromatic heterocycles. The quantitative estimate of drug-likeness (QED) is 0.267. The van der Waals surface area contributed by atoms with E-state index in [4.69, 9.17) is 23.2 Å². The maximum Gasteiger partial charge on any atom is 0.0465 e. The van der Waals surface area contributed by atoms with Crippen molar-refractivity contribution in [3.63, 3.8) is 0 Å². The normalized spacial score (nSPS) is 11.2. The predicted octanol–water partition coefficient (Wildman–Crippen LogP) is 9.76. The van der Waals surface area contributed by atoms with E-state index in [2.05, 4.69) is 76.6 Å². The lowest BCUT2D eigenvalue weighted by Crippen LogP contribution is -2.09. The number of nitrogens with zero attached hydrogens (tertiary/aromatic N) is 1. The molecule has 0 atom stereocenters. The first-order valence-corrected chi connectivity index (χ1v) is 11.8. The summed E-state index contributed by atoms with van der Waals surface area (Å²) in [6.45, 7) is 0. The van der Waals surface area contributed by atoms with Crippen LogP contribution in [0.15, 0.2) is 115 Å². The van der Waals surface area contributed by atoms with Crippen LogP contribution in [0.5, 0.6) is 0 Å². The largest absolute Gasteiger partial charge is 0.355 e. The molecular weight excluding hydrogens is 459 g/mol. The molecule has 1 heterocycles. The number of halogens is 2. The van der Waals surface area contributed by atoms with E-state index in [0.717, 1.165) is 28.1 Å². The van der Waals surface area contributed by atoms with E-state index in [0.29, 0.717) is 10.0 Å².